The number of hydrogen-bond donors (Lipinski definition) is 0. The highest BCUT2D eigenvalue weighted by Crippen LogP contribution is 2.29. The first-order chi connectivity index (χ1) is 10.8. The standard InChI is InChI=1S/C18H24F2O2Si/c1-5-6-13-11-21-18(22-12-13)14-9-16(19)15(17(20)10-14)7-8-23(2,3)4/h9-10,13,18H,5-6,11-12H2,1-4H3. The highest BCUT2D eigenvalue weighted by molar-refractivity contribution is 6.83. The molecule has 2 nitrogen and oxygen atoms in total. The van der Waals surface area contributed by atoms with Gasteiger partial charge in [0.1, 0.15) is 19.7 Å². The molecule has 1 aliphatic heterocycles. The maximum atomic E-state index is 14.2. The van der Waals surface area contributed by atoms with Crippen LogP contribution in [-0.2, 0) is 9.47 Å². The summed E-state index contributed by atoms with van der Waals surface area (Å²) in [6.07, 6.45) is 1.39. The van der Waals surface area contributed by atoms with E-state index in [1.54, 1.807) is 0 Å². The zero-order valence-corrected chi connectivity index (χ0v) is 15.2. The van der Waals surface area contributed by atoms with Crippen LogP contribution < -0.4 is 0 Å². The molecule has 0 radical (unpaired) electrons. The molecule has 1 aromatic carbocycles. The Morgan fingerprint density at radius 1 is 1.13 bits per heavy atom. The number of hydrogen-bond acceptors (Lipinski definition) is 2. The Labute approximate surface area is 138 Å². The lowest BCUT2D eigenvalue weighted by atomic mass is 10.0. The van der Waals surface area contributed by atoms with Crippen LogP contribution in [0.5, 0.6) is 0 Å². The molecule has 1 saturated heterocycles. The van der Waals surface area contributed by atoms with Crippen LogP contribution in [0.1, 0.15) is 37.2 Å². The molecule has 126 valence electrons. The van der Waals surface area contributed by atoms with Crippen molar-refractivity contribution in [2.75, 3.05) is 13.2 Å². The van der Waals surface area contributed by atoms with Gasteiger partial charge in [-0.2, -0.15) is 0 Å². The van der Waals surface area contributed by atoms with E-state index in [1.165, 1.54) is 12.1 Å². The Bertz CT molecular complexity index is 583. The van der Waals surface area contributed by atoms with E-state index in [2.05, 4.69) is 18.4 Å². The van der Waals surface area contributed by atoms with Gasteiger partial charge in [0, 0.05) is 11.5 Å². The average Bonchev–Trinajstić information content (AvgIpc) is 2.46. The SMILES string of the molecule is CCCC1COC(c2cc(F)c(C#C[Si](C)(C)C)c(F)c2)OC1. The lowest BCUT2D eigenvalue weighted by molar-refractivity contribution is -0.206. The first kappa shape index (κ1) is 18.1. The zero-order valence-electron chi connectivity index (χ0n) is 14.2. The average molecular weight is 338 g/mol. The summed E-state index contributed by atoms with van der Waals surface area (Å²) in [6.45, 7) is 9.30. The van der Waals surface area contributed by atoms with E-state index in [1.807, 2.05) is 19.6 Å². The normalized spacial score (nSPS) is 21.7. The predicted molar refractivity (Wildman–Crippen MR) is 89.6 cm³/mol. The second kappa shape index (κ2) is 7.56. The summed E-state index contributed by atoms with van der Waals surface area (Å²) in [7, 11) is -1.69. The third kappa shape index (κ3) is 5.13. The fourth-order valence-electron chi connectivity index (χ4n) is 2.41. The summed E-state index contributed by atoms with van der Waals surface area (Å²) < 4.78 is 39.6. The van der Waals surface area contributed by atoms with Crippen molar-refractivity contribution >= 4 is 8.07 Å². The van der Waals surface area contributed by atoms with E-state index >= 15 is 0 Å². The third-order valence-corrected chi connectivity index (χ3v) is 4.44. The molecule has 2 rings (SSSR count). The van der Waals surface area contributed by atoms with E-state index in [9.17, 15) is 8.78 Å². The highest BCUT2D eigenvalue weighted by Gasteiger charge is 2.25. The second-order valence-corrected chi connectivity index (χ2v) is 11.8. The van der Waals surface area contributed by atoms with Crippen LogP contribution in [0.2, 0.25) is 19.6 Å². The topological polar surface area (TPSA) is 18.5 Å². The molecule has 0 atom stereocenters. The smallest absolute Gasteiger partial charge is 0.184 e. The minimum Gasteiger partial charge on any atom is -0.348 e. The minimum atomic E-state index is -1.69. The van der Waals surface area contributed by atoms with Gasteiger partial charge in [-0.05, 0) is 18.6 Å². The Morgan fingerprint density at radius 2 is 1.70 bits per heavy atom. The van der Waals surface area contributed by atoms with Gasteiger partial charge in [-0.15, -0.1) is 5.54 Å². The monoisotopic (exact) mass is 338 g/mol. The number of benzene rings is 1. The van der Waals surface area contributed by atoms with Crippen LogP contribution in [0.3, 0.4) is 0 Å². The third-order valence-electron chi connectivity index (χ3n) is 3.56. The van der Waals surface area contributed by atoms with Crippen molar-refractivity contribution < 1.29 is 18.3 Å². The van der Waals surface area contributed by atoms with Crippen molar-refractivity contribution in [1.82, 2.24) is 0 Å². The zero-order chi connectivity index (χ0) is 17.0. The first-order valence-electron chi connectivity index (χ1n) is 8.05. The molecule has 1 aliphatic rings. The fraction of sp³-hybridized carbons (Fsp3) is 0.556. The molecule has 0 saturated carbocycles. The lowest BCUT2D eigenvalue weighted by Gasteiger charge is -2.29. The Balaban J connectivity index is 2.15. The number of halogens is 2. The van der Waals surface area contributed by atoms with Crippen molar-refractivity contribution in [3.05, 3.63) is 34.9 Å². The molecule has 0 amide bonds. The number of ether oxygens (including phenoxy) is 2. The molecule has 0 aliphatic carbocycles. The van der Waals surface area contributed by atoms with Crippen molar-refractivity contribution in [3.8, 4) is 11.5 Å². The molecule has 1 heterocycles. The summed E-state index contributed by atoms with van der Waals surface area (Å²) in [4.78, 5) is 0. The van der Waals surface area contributed by atoms with Crippen LogP contribution >= 0.6 is 0 Å². The molecule has 0 spiro atoms. The molecule has 0 bridgehead atoms. The summed E-state index contributed by atoms with van der Waals surface area (Å²) in [5.41, 5.74) is 3.18. The van der Waals surface area contributed by atoms with Crippen molar-refractivity contribution in [1.29, 1.82) is 0 Å². The highest BCUT2D eigenvalue weighted by atomic mass is 28.3. The summed E-state index contributed by atoms with van der Waals surface area (Å²) in [6, 6.07) is 2.53. The summed E-state index contributed by atoms with van der Waals surface area (Å²) in [5, 5.41) is 0. The van der Waals surface area contributed by atoms with Gasteiger partial charge < -0.3 is 9.47 Å². The van der Waals surface area contributed by atoms with E-state index < -0.39 is 26.0 Å². The molecule has 1 aromatic rings. The largest absolute Gasteiger partial charge is 0.348 e. The number of rotatable bonds is 3. The molecule has 0 aromatic heterocycles. The van der Waals surface area contributed by atoms with Crippen molar-refractivity contribution in [3.63, 3.8) is 0 Å². The van der Waals surface area contributed by atoms with Gasteiger partial charge in [0.15, 0.2) is 6.29 Å². The minimum absolute atomic E-state index is 0.171. The van der Waals surface area contributed by atoms with Crippen molar-refractivity contribution in [2.24, 2.45) is 5.92 Å². The summed E-state index contributed by atoms with van der Waals surface area (Å²) in [5.74, 6) is 1.69. The maximum Gasteiger partial charge on any atom is 0.184 e. The van der Waals surface area contributed by atoms with E-state index in [4.69, 9.17) is 9.47 Å². The Kier molecular flexibility index (Phi) is 5.96. The van der Waals surface area contributed by atoms with Crippen molar-refractivity contribution in [2.45, 2.75) is 45.7 Å². The Morgan fingerprint density at radius 3 is 2.17 bits per heavy atom. The first-order valence-corrected chi connectivity index (χ1v) is 11.6. The van der Waals surface area contributed by atoms with Crippen LogP contribution in [0.4, 0.5) is 8.78 Å². The van der Waals surface area contributed by atoms with Gasteiger partial charge in [0.25, 0.3) is 0 Å². The van der Waals surface area contributed by atoms with Gasteiger partial charge in [-0.25, -0.2) is 8.78 Å². The van der Waals surface area contributed by atoms with E-state index in [-0.39, 0.29) is 5.56 Å². The molecular weight excluding hydrogens is 314 g/mol. The van der Waals surface area contributed by atoms with E-state index in [0.29, 0.717) is 24.7 Å². The molecule has 5 heteroatoms. The maximum absolute atomic E-state index is 14.2. The molecular formula is C18H24F2O2Si. The Hall–Kier alpha value is -1.22. The van der Waals surface area contributed by atoms with Crippen LogP contribution in [0.15, 0.2) is 12.1 Å². The molecule has 0 N–H and O–H groups in total. The van der Waals surface area contributed by atoms with E-state index in [0.717, 1.165) is 12.8 Å². The van der Waals surface area contributed by atoms with Gasteiger partial charge in [0.2, 0.25) is 0 Å². The fourth-order valence-corrected chi connectivity index (χ4v) is 2.91. The molecule has 1 fully saturated rings. The lowest BCUT2D eigenvalue weighted by Crippen LogP contribution is -2.27. The van der Waals surface area contributed by atoms with Gasteiger partial charge in [-0.1, -0.05) is 38.9 Å². The van der Waals surface area contributed by atoms with Gasteiger partial charge >= 0.3 is 0 Å². The van der Waals surface area contributed by atoms with Crippen LogP contribution in [0.25, 0.3) is 0 Å². The second-order valence-electron chi connectivity index (χ2n) is 7.01. The molecule has 0 unspecified atom stereocenters. The quantitative estimate of drug-likeness (QED) is 0.590. The summed E-state index contributed by atoms with van der Waals surface area (Å²) >= 11 is 0. The van der Waals surface area contributed by atoms with Gasteiger partial charge in [0.05, 0.1) is 18.8 Å². The predicted octanol–water partition coefficient (Wildman–Crippen LogP) is 4.66. The van der Waals surface area contributed by atoms with Crippen LogP contribution in [0, 0.1) is 29.0 Å². The van der Waals surface area contributed by atoms with Gasteiger partial charge in [-0.3, -0.25) is 0 Å². The van der Waals surface area contributed by atoms with Crippen LogP contribution in [-0.4, -0.2) is 21.3 Å². The molecule has 23 heavy (non-hydrogen) atoms.